The first-order chi connectivity index (χ1) is 7.54. The zero-order valence-corrected chi connectivity index (χ0v) is 9.00. The van der Waals surface area contributed by atoms with Crippen molar-refractivity contribution >= 4 is 20.9 Å². The number of hydrogen-bond acceptors (Lipinski definition) is 3. The molecular weight excluding hydrogens is 231 g/mol. The lowest BCUT2D eigenvalue weighted by Gasteiger charge is -2.05. The van der Waals surface area contributed by atoms with Gasteiger partial charge in [0.05, 0.1) is 7.11 Å². The Bertz CT molecular complexity index is 635. The van der Waals surface area contributed by atoms with Crippen LogP contribution < -0.4 is 0 Å². The van der Waals surface area contributed by atoms with Crippen LogP contribution in [-0.2, 0) is 14.3 Å². The number of rotatable bonds is 2. The van der Waals surface area contributed by atoms with E-state index < -0.39 is 15.9 Å². The lowest BCUT2D eigenvalue weighted by molar-refractivity contribution is 0.439. The topological polar surface area (TPSA) is 43.4 Å². The Morgan fingerprint density at radius 2 is 1.94 bits per heavy atom. The fourth-order valence-electron chi connectivity index (χ4n) is 1.51. The molecule has 83 valence electrons. The largest absolute Gasteiger partial charge is 0.297 e. The molecule has 0 saturated heterocycles. The third kappa shape index (κ3) is 1.79. The molecule has 0 atom stereocenters. The summed E-state index contributed by atoms with van der Waals surface area (Å²) in [6.07, 6.45) is 0. The molecule has 2 aromatic rings. The molecule has 0 heterocycles. The van der Waals surface area contributed by atoms with E-state index in [-0.39, 0.29) is 4.90 Å². The van der Waals surface area contributed by atoms with Crippen LogP contribution in [-0.4, -0.2) is 8.42 Å². The molecule has 3 nitrogen and oxygen atoms in total. The summed E-state index contributed by atoms with van der Waals surface area (Å²) in [6, 6.07) is 8.40. The summed E-state index contributed by atoms with van der Waals surface area (Å²) in [4.78, 5) is -0.0139. The molecule has 16 heavy (non-hydrogen) atoms. The van der Waals surface area contributed by atoms with Crippen molar-refractivity contribution in [1.29, 1.82) is 0 Å². The molecule has 1 radical (unpaired) electrons. The fraction of sp³-hybridized carbons (Fsp3) is 0. The van der Waals surface area contributed by atoms with E-state index in [1.165, 1.54) is 30.3 Å². The molecule has 0 aliphatic carbocycles. The van der Waals surface area contributed by atoms with E-state index in [1.807, 2.05) is 0 Å². The molecule has 0 spiro atoms. The Balaban J connectivity index is 2.82. The number of benzene rings is 2. The van der Waals surface area contributed by atoms with Gasteiger partial charge in [-0.3, -0.25) is 4.18 Å². The molecule has 0 bridgehead atoms. The third-order valence-corrected chi connectivity index (χ3v) is 3.43. The highest BCUT2D eigenvalue weighted by Crippen LogP contribution is 2.24. The van der Waals surface area contributed by atoms with Crippen molar-refractivity contribution < 1.29 is 17.0 Å². The summed E-state index contributed by atoms with van der Waals surface area (Å²) in [6.45, 7) is 0. The maximum absolute atomic E-state index is 13.0. The van der Waals surface area contributed by atoms with Gasteiger partial charge in [0.1, 0.15) is 10.7 Å². The molecule has 0 aliphatic heterocycles. The molecule has 0 aliphatic rings. The maximum atomic E-state index is 13.0. The van der Waals surface area contributed by atoms with Gasteiger partial charge in [-0.25, -0.2) is 4.39 Å². The maximum Gasteiger partial charge on any atom is 0.297 e. The van der Waals surface area contributed by atoms with Crippen molar-refractivity contribution in [3.63, 3.8) is 0 Å². The van der Waals surface area contributed by atoms with Crippen molar-refractivity contribution in [3.8, 4) is 0 Å². The second kappa shape index (κ2) is 3.84. The third-order valence-electron chi connectivity index (χ3n) is 2.23. The van der Waals surface area contributed by atoms with Crippen molar-refractivity contribution in [2.45, 2.75) is 4.90 Å². The van der Waals surface area contributed by atoms with Gasteiger partial charge in [0.15, 0.2) is 0 Å². The number of halogens is 1. The normalized spacial score (nSPS) is 11.9. The fourth-order valence-corrected chi connectivity index (χ4v) is 2.33. The summed E-state index contributed by atoms with van der Waals surface area (Å²) in [5.41, 5.74) is 0. The van der Waals surface area contributed by atoms with Gasteiger partial charge in [0.2, 0.25) is 0 Å². The summed E-state index contributed by atoms with van der Waals surface area (Å²) in [7, 11) is -0.975. The lowest BCUT2D eigenvalue weighted by atomic mass is 10.1. The van der Waals surface area contributed by atoms with Crippen LogP contribution in [0.4, 0.5) is 4.39 Å². The van der Waals surface area contributed by atoms with Crippen molar-refractivity contribution in [2.24, 2.45) is 0 Å². The second-order valence-electron chi connectivity index (χ2n) is 3.19. The number of fused-ring (bicyclic) bond motifs is 1. The quantitative estimate of drug-likeness (QED) is 0.756. The Labute approximate surface area is 92.6 Å². The van der Waals surface area contributed by atoms with Crippen LogP contribution in [0, 0.1) is 12.9 Å². The Morgan fingerprint density at radius 3 is 2.62 bits per heavy atom. The van der Waals surface area contributed by atoms with Gasteiger partial charge in [-0.2, -0.15) is 8.42 Å². The number of hydrogen-bond donors (Lipinski definition) is 0. The minimum Gasteiger partial charge on any atom is -0.264 e. The Morgan fingerprint density at radius 1 is 1.19 bits per heavy atom. The van der Waals surface area contributed by atoms with E-state index in [0.29, 0.717) is 10.8 Å². The highest BCUT2D eigenvalue weighted by molar-refractivity contribution is 7.87. The average Bonchev–Trinajstić information content (AvgIpc) is 2.27. The Kier molecular flexibility index (Phi) is 2.65. The first kappa shape index (κ1) is 11.0. The van der Waals surface area contributed by atoms with E-state index in [9.17, 15) is 12.8 Å². The molecule has 0 unspecified atom stereocenters. The standard InChI is InChI=1S/C11H8FO3S/c1-15-16(13,14)11-4-2-3-8-7-9(12)5-6-10(8)11/h2-7H,1H2. The minimum absolute atomic E-state index is 0.0139. The van der Waals surface area contributed by atoms with Crippen LogP contribution in [0.25, 0.3) is 10.8 Å². The van der Waals surface area contributed by atoms with Crippen molar-refractivity contribution in [3.05, 3.63) is 49.3 Å². The van der Waals surface area contributed by atoms with Gasteiger partial charge in [-0.15, -0.1) is 0 Å². The van der Waals surface area contributed by atoms with Crippen LogP contribution in [0.1, 0.15) is 0 Å². The second-order valence-corrected chi connectivity index (χ2v) is 4.78. The van der Waals surface area contributed by atoms with Gasteiger partial charge in [-0.05, 0) is 23.6 Å². The van der Waals surface area contributed by atoms with Crippen LogP contribution >= 0.6 is 0 Å². The predicted octanol–water partition coefficient (Wildman–Crippen LogP) is 2.48. The first-order valence-electron chi connectivity index (χ1n) is 4.41. The molecule has 5 heteroatoms. The molecule has 2 rings (SSSR count). The SMILES string of the molecule is [CH2]OS(=O)(=O)c1cccc2cc(F)ccc12. The monoisotopic (exact) mass is 239 g/mol. The highest BCUT2D eigenvalue weighted by Gasteiger charge is 2.16. The molecule has 0 fully saturated rings. The Hall–Kier alpha value is -1.46. The molecule has 0 amide bonds. The van der Waals surface area contributed by atoms with E-state index in [2.05, 4.69) is 11.3 Å². The summed E-state index contributed by atoms with van der Waals surface area (Å²) >= 11 is 0. The first-order valence-corrected chi connectivity index (χ1v) is 5.82. The van der Waals surface area contributed by atoms with E-state index in [1.54, 1.807) is 6.07 Å². The van der Waals surface area contributed by atoms with Crippen LogP contribution in [0.3, 0.4) is 0 Å². The zero-order chi connectivity index (χ0) is 11.8. The van der Waals surface area contributed by atoms with Crippen LogP contribution in [0.2, 0.25) is 0 Å². The van der Waals surface area contributed by atoms with Gasteiger partial charge >= 0.3 is 0 Å². The molecule has 2 aromatic carbocycles. The van der Waals surface area contributed by atoms with Crippen molar-refractivity contribution in [2.75, 3.05) is 0 Å². The van der Waals surface area contributed by atoms with Crippen molar-refractivity contribution in [1.82, 2.24) is 0 Å². The molecule has 0 aromatic heterocycles. The van der Waals surface area contributed by atoms with Crippen LogP contribution in [0.15, 0.2) is 41.3 Å². The smallest absolute Gasteiger partial charge is 0.264 e. The summed E-state index contributed by atoms with van der Waals surface area (Å²) in [5, 5.41) is 0.908. The highest BCUT2D eigenvalue weighted by atomic mass is 32.2. The average molecular weight is 239 g/mol. The van der Waals surface area contributed by atoms with E-state index in [0.717, 1.165) is 0 Å². The van der Waals surface area contributed by atoms with Crippen LogP contribution in [0.5, 0.6) is 0 Å². The predicted molar refractivity (Wildman–Crippen MR) is 57.5 cm³/mol. The molecular formula is C11H8FO3S. The summed E-state index contributed by atoms with van der Waals surface area (Å²) in [5.74, 6) is -0.419. The lowest BCUT2D eigenvalue weighted by Crippen LogP contribution is -2.02. The molecule has 0 N–H and O–H groups in total. The van der Waals surface area contributed by atoms with Gasteiger partial charge in [-0.1, -0.05) is 18.2 Å². The summed E-state index contributed by atoms with van der Waals surface area (Å²) < 4.78 is 40.2. The minimum atomic E-state index is -3.87. The van der Waals surface area contributed by atoms with Gasteiger partial charge in [0.25, 0.3) is 10.1 Å². The van der Waals surface area contributed by atoms with E-state index in [4.69, 9.17) is 0 Å². The van der Waals surface area contributed by atoms with Gasteiger partial charge < -0.3 is 0 Å². The van der Waals surface area contributed by atoms with Gasteiger partial charge in [0, 0.05) is 5.39 Å². The zero-order valence-electron chi connectivity index (χ0n) is 8.18. The molecule has 0 saturated carbocycles. The van der Waals surface area contributed by atoms with E-state index >= 15 is 0 Å².